The molecule has 0 aromatic heterocycles. The minimum atomic E-state index is 0.198. The second-order valence-corrected chi connectivity index (χ2v) is 5.34. The van der Waals surface area contributed by atoms with Crippen LogP contribution in [0.4, 0.5) is 0 Å². The van der Waals surface area contributed by atoms with E-state index >= 15 is 0 Å². The van der Waals surface area contributed by atoms with Crippen LogP contribution in [0, 0.1) is 0 Å². The first-order valence-corrected chi connectivity index (χ1v) is 7.56. The summed E-state index contributed by atoms with van der Waals surface area (Å²) in [5.41, 5.74) is 1.97. The molecule has 0 bridgehead atoms. The van der Waals surface area contributed by atoms with Crippen LogP contribution in [0.15, 0.2) is 78.9 Å². The second kappa shape index (κ2) is 6.86. The van der Waals surface area contributed by atoms with E-state index in [9.17, 15) is 4.79 Å². The van der Waals surface area contributed by atoms with Gasteiger partial charge in [-0.05, 0) is 28.8 Å². The van der Waals surface area contributed by atoms with E-state index in [-0.39, 0.29) is 5.78 Å². The van der Waals surface area contributed by atoms with Crippen LogP contribution in [0.25, 0.3) is 16.8 Å². The molecule has 3 aromatic carbocycles. The van der Waals surface area contributed by atoms with Crippen LogP contribution >= 0.6 is 0 Å². The van der Waals surface area contributed by atoms with E-state index in [0.29, 0.717) is 6.42 Å². The zero-order valence-corrected chi connectivity index (χ0v) is 12.4. The Morgan fingerprint density at radius 2 is 1.55 bits per heavy atom. The lowest BCUT2D eigenvalue weighted by molar-refractivity contribution is 0.0984. The fraction of sp³-hybridized carbons (Fsp3) is 0.0952. The predicted molar refractivity (Wildman–Crippen MR) is 93.0 cm³/mol. The van der Waals surface area contributed by atoms with Gasteiger partial charge in [0.05, 0.1) is 0 Å². The van der Waals surface area contributed by atoms with E-state index in [2.05, 4.69) is 42.5 Å². The maximum atomic E-state index is 12.0. The summed E-state index contributed by atoms with van der Waals surface area (Å²) in [7, 11) is 0. The van der Waals surface area contributed by atoms with Gasteiger partial charge in [0.1, 0.15) is 0 Å². The van der Waals surface area contributed by atoms with Crippen molar-refractivity contribution in [3.63, 3.8) is 0 Å². The smallest absolute Gasteiger partial charge is 0.163 e. The molecule has 0 atom stereocenters. The standard InChI is InChI=1S/C21H18O/c22-21(19-10-2-1-3-11-19)13-7-4-8-17-14-15-18-9-5-6-12-20(18)16-17/h1-6,8-12,14-16H,7,13H2. The number of hydrogen-bond donors (Lipinski definition) is 0. The largest absolute Gasteiger partial charge is 0.294 e. The third kappa shape index (κ3) is 3.50. The van der Waals surface area contributed by atoms with Gasteiger partial charge < -0.3 is 0 Å². The molecule has 0 radical (unpaired) electrons. The maximum absolute atomic E-state index is 12.0. The van der Waals surface area contributed by atoms with Crippen molar-refractivity contribution in [3.05, 3.63) is 90.0 Å². The molecule has 1 nitrogen and oxygen atoms in total. The first-order chi connectivity index (χ1) is 10.8. The first kappa shape index (κ1) is 14.3. The van der Waals surface area contributed by atoms with Gasteiger partial charge in [0.25, 0.3) is 0 Å². The molecule has 22 heavy (non-hydrogen) atoms. The third-order valence-corrected chi connectivity index (χ3v) is 3.72. The van der Waals surface area contributed by atoms with E-state index in [1.54, 1.807) is 0 Å². The summed E-state index contributed by atoms with van der Waals surface area (Å²) in [6, 6.07) is 24.2. The highest BCUT2D eigenvalue weighted by atomic mass is 16.1. The Morgan fingerprint density at radius 1 is 0.818 bits per heavy atom. The van der Waals surface area contributed by atoms with E-state index in [4.69, 9.17) is 0 Å². The Balaban J connectivity index is 1.60. The normalized spacial score (nSPS) is 11.1. The average molecular weight is 286 g/mol. The Labute approximate surface area is 130 Å². The second-order valence-electron chi connectivity index (χ2n) is 5.34. The molecule has 1 heteroatoms. The molecule has 0 unspecified atom stereocenters. The molecule has 0 saturated heterocycles. The van der Waals surface area contributed by atoms with Crippen molar-refractivity contribution >= 4 is 22.6 Å². The van der Waals surface area contributed by atoms with Crippen molar-refractivity contribution < 1.29 is 4.79 Å². The van der Waals surface area contributed by atoms with Crippen LogP contribution in [-0.2, 0) is 0 Å². The minimum absolute atomic E-state index is 0.198. The van der Waals surface area contributed by atoms with Gasteiger partial charge in [0.15, 0.2) is 5.78 Å². The number of carbonyl (C=O) groups excluding carboxylic acids is 1. The number of fused-ring (bicyclic) bond motifs is 1. The average Bonchev–Trinajstić information content (AvgIpc) is 2.59. The molecule has 0 aliphatic heterocycles. The highest BCUT2D eigenvalue weighted by Crippen LogP contribution is 2.17. The number of ketones is 1. The molecule has 108 valence electrons. The Hall–Kier alpha value is -2.67. The maximum Gasteiger partial charge on any atom is 0.163 e. The number of benzene rings is 3. The molecule has 0 N–H and O–H groups in total. The van der Waals surface area contributed by atoms with Gasteiger partial charge >= 0.3 is 0 Å². The summed E-state index contributed by atoms with van der Waals surface area (Å²) >= 11 is 0. The van der Waals surface area contributed by atoms with Crippen molar-refractivity contribution in [2.24, 2.45) is 0 Å². The van der Waals surface area contributed by atoms with Gasteiger partial charge in [-0.1, -0.05) is 78.9 Å². The highest BCUT2D eigenvalue weighted by molar-refractivity contribution is 5.96. The van der Waals surface area contributed by atoms with Crippen LogP contribution in [0.3, 0.4) is 0 Å². The third-order valence-electron chi connectivity index (χ3n) is 3.72. The molecule has 3 aromatic rings. The number of Topliss-reactive ketones (excluding diaryl/α,β-unsaturated/α-hetero) is 1. The summed E-state index contributed by atoms with van der Waals surface area (Å²) in [5, 5.41) is 2.49. The van der Waals surface area contributed by atoms with E-state index in [1.165, 1.54) is 16.3 Å². The lowest BCUT2D eigenvalue weighted by Crippen LogP contribution is -1.97. The van der Waals surface area contributed by atoms with Gasteiger partial charge in [0.2, 0.25) is 0 Å². The molecule has 0 amide bonds. The summed E-state index contributed by atoms with van der Waals surface area (Å²) in [5.74, 6) is 0.198. The Kier molecular flexibility index (Phi) is 4.45. The SMILES string of the molecule is O=C(CCC=Cc1ccc2ccccc2c1)c1ccccc1. The van der Waals surface area contributed by atoms with Gasteiger partial charge in [0, 0.05) is 12.0 Å². The zero-order valence-electron chi connectivity index (χ0n) is 12.4. The van der Waals surface area contributed by atoms with Gasteiger partial charge in [-0.3, -0.25) is 4.79 Å². The van der Waals surface area contributed by atoms with Gasteiger partial charge in [-0.2, -0.15) is 0 Å². The summed E-state index contributed by atoms with van der Waals surface area (Å²) in [6.07, 6.45) is 5.48. The topological polar surface area (TPSA) is 17.1 Å². The van der Waals surface area contributed by atoms with Crippen LogP contribution in [0.5, 0.6) is 0 Å². The fourth-order valence-electron chi connectivity index (χ4n) is 2.51. The molecule has 0 heterocycles. The number of hydrogen-bond acceptors (Lipinski definition) is 1. The molecule has 0 spiro atoms. The summed E-state index contributed by atoms with van der Waals surface area (Å²) < 4.78 is 0. The summed E-state index contributed by atoms with van der Waals surface area (Å²) in [6.45, 7) is 0. The Bertz CT molecular complexity index is 800. The van der Waals surface area contributed by atoms with Crippen LogP contribution in [0.2, 0.25) is 0 Å². The minimum Gasteiger partial charge on any atom is -0.294 e. The van der Waals surface area contributed by atoms with Crippen molar-refractivity contribution in [2.75, 3.05) is 0 Å². The molecule has 0 saturated carbocycles. The molecular weight excluding hydrogens is 268 g/mol. The molecule has 0 fully saturated rings. The zero-order chi connectivity index (χ0) is 15.2. The Morgan fingerprint density at radius 3 is 2.36 bits per heavy atom. The first-order valence-electron chi connectivity index (χ1n) is 7.56. The van der Waals surface area contributed by atoms with Crippen molar-refractivity contribution in [3.8, 4) is 0 Å². The van der Waals surface area contributed by atoms with Gasteiger partial charge in [-0.25, -0.2) is 0 Å². The fourth-order valence-corrected chi connectivity index (χ4v) is 2.51. The predicted octanol–water partition coefficient (Wildman–Crippen LogP) is 5.52. The summed E-state index contributed by atoms with van der Waals surface area (Å²) in [4.78, 5) is 12.0. The van der Waals surface area contributed by atoms with Gasteiger partial charge in [-0.15, -0.1) is 0 Å². The lowest BCUT2D eigenvalue weighted by Gasteiger charge is -2.00. The van der Waals surface area contributed by atoms with E-state index < -0.39 is 0 Å². The number of carbonyl (C=O) groups is 1. The number of allylic oxidation sites excluding steroid dienone is 1. The van der Waals surface area contributed by atoms with E-state index in [0.717, 1.165) is 12.0 Å². The van der Waals surface area contributed by atoms with Crippen molar-refractivity contribution in [2.45, 2.75) is 12.8 Å². The van der Waals surface area contributed by atoms with Crippen LogP contribution in [-0.4, -0.2) is 5.78 Å². The van der Waals surface area contributed by atoms with E-state index in [1.807, 2.05) is 42.5 Å². The molecular formula is C21H18O. The van der Waals surface area contributed by atoms with Crippen molar-refractivity contribution in [1.29, 1.82) is 0 Å². The number of rotatable bonds is 5. The highest BCUT2D eigenvalue weighted by Gasteiger charge is 2.02. The monoisotopic (exact) mass is 286 g/mol. The lowest BCUT2D eigenvalue weighted by atomic mass is 10.0. The quantitative estimate of drug-likeness (QED) is 0.565. The molecule has 3 rings (SSSR count). The van der Waals surface area contributed by atoms with Crippen LogP contribution < -0.4 is 0 Å². The van der Waals surface area contributed by atoms with Crippen molar-refractivity contribution in [1.82, 2.24) is 0 Å². The molecule has 0 aliphatic rings. The van der Waals surface area contributed by atoms with Crippen LogP contribution in [0.1, 0.15) is 28.8 Å². The molecule has 0 aliphatic carbocycles.